The molecule has 3 nitrogen and oxygen atoms in total. The summed E-state index contributed by atoms with van der Waals surface area (Å²) >= 11 is 0. The Morgan fingerprint density at radius 3 is 2.55 bits per heavy atom. The molecule has 0 aliphatic heterocycles. The number of aliphatic hydroxyl groups excluding tert-OH is 1. The highest BCUT2D eigenvalue weighted by atomic mass is 19.1. The molecule has 2 unspecified atom stereocenters. The predicted octanol–water partition coefficient (Wildman–Crippen LogP) is 4.12. The first-order valence-corrected chi connectivity index (χ1v) is 6.91. The Labute approximate surface area is 130 Å². The molecule has 22 heavy (non-hydrogen) atoms. The quantitative estimate of drug-likeness (QED) is 0.587. The van der Waals surface area contributed by atoms with Crippen LogP contribution in [0, 0.1) is 5.82 Å². The van der Waals surface area contributed by atoms with Crippen molar-refractivity contribution in [3.8, 4) is 0 Å². The Morgan fingerprint density at radius 1 is 1.41 bits per heavy atom. The van der Waals surface area contributed by atoms with Gasteiger partial charge in [0.05, 0.1) is 12.3 Å². The van der Waals surface area contributed by atoms with Gasteiger partial charge in [-0.3, -0.25) is 0 Å². The third-order valence-corrected chi connectivity index (χ3v) is 3.33. The van der Waals surface area contributed by atoms with Crippen molar-refractivity contribution >= 4 is 5.69 Å². The number of nitrogens with one attached hydrogen (secondary N) is 1. The fourth-order valence-electron chi connectivity index (χ4n) is 2.02. The zero-order chi connectivity index (χ0) is 16.9. The summed E-state index contributed by atoms with van der Waals surface area (Å²) < 4.78 is 26.3. The summed E-state index contributed by atoms with van der Waals surface area (Å²) in [6, 6.07) is 4.16. The topological polar surface area (TPSA) is 35.5 Å². The predicted molar refractivity (Wildman–Crippen MR) is 86.4 cm³/mol. The Morgan fingerprint density at radius 2 is 2.05 bits per heavy atom. The average molecular weight is 308 g/mol. The van der Waals surface area contributed by atoms with E-state index in [0.29, 0.717) is 16.9 Å². The van der Waals surface area contributed by atoms with E-state index in [1.807, 2.05) is 6.92 Å². The molecular weight excluding hydrogens is 286 g/mol. The van der Waals surface area contributed by atoms with E-state index in [1.165, 1.54) is 24.3 Å². The van der Waals surface area contributed by atoms with Crippen molar-refractivity contribution in [2.75, 3.05) is 12.4 Å². The van der Waals surface area contributed by atoms with Crippen LogP contribution in [0.4, 0.5) is 14.5 Å². The van der Waals surface area contributed by atoms with Crippen LogP contribution in [0.25, 0.3) is 0 Å². The molecule has 2 atom stereocenters. The van der Waals surface area contributed by atoms with Crippen LogP contribution in [0.5, 0.6) is 0 Å². The van der Waals surface area contributed by atoms with Gasteiger partial charge in [0.1, 0.15) is 11.6 Å². The monoisotopic (exact) mass is 308 g/mol. The zero-order valence-electron chi connectivity index (χ0n) is 13.1. The zero-order valence-corrected chi connectivity index (χ0v) is 13.1. The molecule has 0 aliphatic rings. The van der Waals surface area contributed by atoms with Crippen molar-refractivity contribution in [1.29, 1.82) is 0 Å². The van der Waals surface area contributed by atoms with Crippen LogP contribution in [0.1, 0.15) is 25.5 Å². The van der Waals surface area contributed by atoms with E-state index in [2.05, 4.69) is 18.5 Å². The van der Waals surface area contributed by atoms with Gasteiger partial charge in [0, 0.05) is 24.0 Å². The minimum absolute atomic E-state index is 0.244. The number of benzene rings is 1. The minimum atomic E-state index is -0.809. The number of hydrogen-bond acceptors (Lipinski definition) is 3. The van der Waals surface area contributed by atoms with E-state index in [-0.39, 0.29) is 6.17 Å². The van der Waals surface area contributed by atoms with E-state index in [9.17, 15) is 13.9 Å². The van der Waals surface area contributed by atoms with E-state index in [0.717, 1.165) is 0 Å². The molecule has 0 saturated heterocycles. The van der Waals surface area contributed by atoms with Crippen molar-refractivity contribution < 1.29 is 13.9 Å². The Balaban J connectivity index is 2.99. The van der Waals surface area contributed by atoms with E-state index in [1.54, 1.807) is 24.9 Å². The molecule has 0 bridgehead atoms. The van der Waals surface area contributed by atoms with Gasteiger partial charge in [-0.1, -0.05) is 13.2 Å². The van der Waals surface area contributed by atoms with Gasteiger partial charge in [0.15, 0.2) is 0 Å². The summed E-state index contributed by atoms with van der Waals surface area (Å²) in [5, 5.41) is 12.9. The first-order chi connectivity index (χ1) is 10.3. The molecular formula is C17H22F2N2O. The Bertz CT molecular complexity index is 582. The van der Waals surface area contributed by atoms with E-state index >= 15 is 0 Å². The lowest BCUT2D eigenvalue weighted by atomic mass is 10.1. The Kier molecular flexibility index (Phi) is 6.31. The van der Waals surface area contributed by atoms with Crippen LogP contribution in [0.3, 0.4) is 0 Å². The average Bonchev–Trinajstić information content (AvgIpc) is 2.45. The van der Waals surface area contributed by atoms with Gasteiger partial charge < -0.3 is 15.3 Å². The van der Waals surface area contributed by atoms with Crippen molar-refractivity contribution in [3.05, 3.63) is 66.4 Å². The van der Waals surface area contributed by atoms with E-state index in [4.69, 9.17) is 0 Å². The van der Waals surface area contributed by atoms with Gasteiger partial charge in [0.2, 0.25) is 0 Å². The fraction of sp³-hybridized carbons (Fsp3) is 0.294. The number of rotatable bonds is 7. The smallest absolute Gasteiger partial charge is 0.123 e. The molecule has 2 N–H and O–H groups in total. The molecule has 0 aromatic heterocycles. The summed E-state index contributed by atoms with van der Waals surface area (Å²) in [6.45, 7) is 10.3. The maximum Gasteiger partial charge on any atom is 0.123 e. The number of nitrogens with zero attached hydrogens (tertiary/aromatic N) is 1. The lowest BCUT2D eigenvalue weighted by Crippen LogP contribution is -2.34. The van der Waals surface area contributed by atoms with Gasteiger partial charge in [-0.25, -0.2) is 8.78 Å². The van der Waals surface area contributed by atoms with Gasteiger partial charge >= 0.3 is 0 Å². The van der Waals surface area contributed by atoms with Crippen molar-refractivity contribution in [2.45, 2.75) is 26.1 Å². The van der Waals surface area contributed by atoms with Crippen LogP contribution in [-0.2, 0) is 0 Å². The summed E-state index contributed by atoms with van der Waals surface area (Å²) in [5.41, 5.74) is 1.62. The second kappa shape index (κ2) is 7.75. The van der Waals surface area contributed by atoms with Gasteiger partial charge in [-0.2, -0.15) is 0 Å². The van der Waals surface area contributed by atoms with Crippen LogP contribution in [0.2, 0.25) is 0 Å². The summed E-state index contributed by atoms with van der Waals surface area (Å²) in [5.74, 6) is -0.983. The van der Waals surface area contributed by atoms with Gasteiger partial charge in [0.25, 0.3) is 0 Å². The molecule has 0 spiro atoms. The number of aliphatic hydroxyl groups is 1. The molecule has 0 saturated carbocycles. The maximum absolute atomic E-state index is 13.3. The molecule has 1 aromatic carbocycles. The molecule has 0 radical (unpaired) electrons. The fourth-order valence-corrected chi connectivity index (χ4v) is 2.02. The first-order valence-electron chi connectivity index (χ1n) is 6.91. The van der Waals surface area contributed by atoms with Crippen LogP contribution >= 0.6 is 0 Å². The third-order valence-electron chi connectivity index (χ3n) is 3.33. The standard InChI is InChI=1S/C17H22F2N2O/c1-6-15(9-11(2)18)21(5)13(4)20-17-8-7-14(19)10-16(17)12(3)22/h6-10,12-13,20,22H,1-2H2,3-5H3/b15-9+. The molecule has 0 aliphatic carbocycles. The molecule has 1 aromatic rings. The molecule has 1 rings (SSSR count). The molecule has 0 heterocycles. The number of halogens is 2. The van der Waals surface area contributed by atoms with Crippen molar-refractivity contribution in [2.24, 2.45) is 0 Å². The van der Waals surface area contributed by atoms with Gasteiger partial charge in [-0.05, 0) is 44.2 Å². The number of likely N-dealkylation sites (N-methyl/N-ethyl adjacent to an activating group) is 1. The second-order valence-corrected chi connectivity index (χ2v) is 5.06. The summed E-state index contributed by atoms with van der Waals surface area (Å²) in [4.78, 5) is 1.76. The lowest BCUT2D eigenvalue weighted by Gasteiger charge is -2.30. The molecule has 5 heteroatoms. The normalized spacial score (nSPS) is 14.2. The maximum atomic E-state index is 13.3. The highest BCUT2D eigenvalue weighted by Gasteiger charge is 2.15. The third kappa shape index (κ3) is 4.70. The highest BCUT2D eigenvalue weighted by molar-refractivity contribution is 5.53. The van der Waals surface area contributed by atoms with Crippen molar-refractivity contribution in [1.82, 2.24) is 4.90 Å². The van der Waals surface area contributed by atoms with Crippen LogP contribution in [-0.4, -0.2) is 23.2 Å². The van der Waals surface area contributed by atoms with Crippen LogP contribution in [0.15, 0.2) is 55.0 Å². The van der Waals surface area contributed by atoms with Gasteiger partial charge in [-0.15, -0.1) is 0 Å². The number of anilines is 1. The molecule has 0 fully saturated rings. The van der Waals surface area contributed by atoms with Crippen LogP contribution < -0.4 is 5.32 Å². The van der Waals surface area contributed by atoms with Crippen molar-refractivity contribution in [3.63, 3.8) is 0 Å². The molecule has 0 amide bonds. The number of hydrogen-bond donors (Lipinski definition) is 2. The summed E-state index contributed by atoms with van der Waals surface area (Å²) in [6.07, 6.45) is 1.73. The number of allylic oxidation sites excluding steroid dienone is 3. The molecule has 120 valence electrons. The second-order valence-electron chi connectivity index (χ2n) is 5.06. The first kappa shape index (κ1) is 17.9. The Hall–Kier alpha value is -2.14. The lowest BCUT2D eigenvalue weighted by molar-refractivity contribution is 0.199. The summed E-state index contributed by atoms with van der Waals surface area (Å²) in [7, 11) is 1.76. The highest BCUT2D eigenvalue weighted by Crippen LogP contribution is 2.25. The van der Waals surface area contributed by atoms with E-state index < -0.39 is 17.7 Å². The SMILES string of the molecule is C=C/C(=C\C(=C)F)N(C)C(C)Nc1ccc(F)cc1C(C)O. The largest absolute Gasteiger partial charge is 0.389 e. The minimum Gasteiger partial charge on any atom is -0.389 e.